The number of rotatable bonds is 8. The lowest BCUT2D eigenvalue weighted by Gasteiger charge is -2.15. The standard InChI is InChI=1S/C17H17Cl2NO3.C10H8BrNO3S/c1-3-22-10-23-17(21)12-6-4-5-7-14(12)20-16-13(18)9-8-11(2)15(16)19;1-14-7-4-6-8(16-10(11)12-6)3-5(7)9(13)15-2/h4-9,20H,3,10H2,1-2H3;3-4H,1-2H3. The fraction of sp³-hybridized carbons (Fsp3) is 0.222. The molecule has 0 aliphatic heterocycles. The summed E-state index contributed by atoms with van der Waals surface area (Å²) in [5.74, 6) is -0.429. The maximum Gasteiger partial charge on any atom is 0.342 e. The number of anilines is 2. The Morgan fingerprint density at radius 3 is 2.49 bits per heavy atom. The minimum absolute atomic E-state index is 0.0877. The van der Waals surface area contributed by atoms with Gasteiger partial charge >= 0.3 is 11.9 Å². The van der Waals surface area contributed by atoms with E-state index in [1.165, 1.54) is 25.6 Å². The van der Waals surface area contributed by atoms with E-state index in [0.717, 1.165) is 19.7 Å². The summed E-state index contributed by atoms with van der Waals surface area (Å²) in [6.45, 7) is 4.09. The Balaban J connectivity index is 0.000000230. The first kappa shape index (κ1) is 30.6. The van der Waals surface area contributed by atoms with Gasteiger partial charge in [0.15, 0.2) is 10.7 Å². The summed E-state index contributed by atoms with van der Waals surface area (Å²) in [7, 11) is 2.85. The molecule has 0 atom stereocenters. The zero-order valence-electron chi connectivity index (χ0n) is 21.5. The lowest BCUT2D eigenvalue weighted by Crippen LogP contribution is -2.11. The number of fused-ring (bicyclic) bond motifs is 1. The summed E-state index contributed by atoms with van der Waals surface area (Å²) >= 11 is 17.3. The van der Waals surface area contributed by atoms with Crippen molar-refractivity contribution in [2.75, 3.05) is 32.9 Å². The summed E-state index contributed by atoms with van der Waals surface area (Å²) in [6.07, 6.45) is 0. The highest BCUT2D eigenvalue weighted by atomic mass is 79.9. The second-order valence-corrected chi connectivity index (χ2v) is 10.8. The molecule has 1 N–H and O–H groups in total. The van der Waals surface area contributed by atoms with E-state index < -0.39 is 11.9 Å². The Kier molecular flexibility index (Phi) is 11.4. The van der Waals surface area contributed by atoms with E-state index >= 15 is 0 Å². The smallest absolute Gasteiger partial charge is 0.342 e. The van der Waals surface area contributed by atoms with Gasteiger partial charge in [-0.05, 0) is 59.6 Å². The number of nitrogens with zero attached hydrogens (tertiary/aromatic N) is 1. The van der Waals surface area contributed by atoms with Crippen LogP contribution in [-0.4, -0.2) is 44.5 Å². The molecule has 39 heavy (non-hydrogen) atoms. The van der Waals surface area contributed by atoms with Gasteiger partial charge in [-0.2, -0.15) is 0 Å². The third kappa shape index (κ3) is 7.83. The van der Waals surface area contributed by atoms with E-state index in [4.69, 9.17) is 37.4 Å². The predicted octanol–water partition coefficient (Wildman–Crippen LogP) is 8.05. The molecule has 8 nitrogen and oxygen atoms in total. The van der Waals surface area contributed by atoms with Crippen LogP contribution < -0.4 is 10.1 Å². The monoisotopic (exact) mass is 654 g/mol. The summed E-state index contributed by atoms with van der Waals surface area (Å²) in [5, 5.41) is 4.10. The molecule has 0 bridgehead atoms. The Bertz CT molecular complexity index is 1480. The van der Waals surface area contributed by atoms with Gasteiger partial charge in [-0.15, -0.1) is 11.3 Å². The van der Waals surface area contributed by atoms with Crippen molar-refractivity contribution in [3.05, 3.63) is 79.2 Å². The Morgan fingerprint density at radius 2 is 1.79 bits per heavy atom. The van der Waals surface area contributed by atoms with Crippen LogP contribution in [0.4, 0.5) is 11.4 Å². The SMILES string of the molecule is CCOCOC(=O)c1ccccc1Nc1c(Cl)ccc(C)c1Cl.COC(=O)c1cc2sc(Br)nc2cc1OC. The van der Waals surface area contributed by atoms with Crippen molar-refractivity contribution in [3.8, 4) is 5.75 Å². The summed E-state index contributed by atoms with van der Waals surface area (Å²) in [5.41, 5.74) is 3.58. The molecule has 0 radical (unpaired) electrons. The number of methoxy groups -OCH3 is 2. The molecular weight excluding hydrogens is 631 g/mol. The fourth-order valence-corrected chi connectivity index (χ4v) is 5.19. The number of carbonyl (C=O) groups excluding carboxylic acids is 2. The van der Waals surface area contributed by atoms with E-state index in [-0.39, 0.29) is 6.79 Å². The number of hydrogen-bond acceptors (Lipinski definition) is 9. The van der Waals surface area contributed by atoms with Crippen molar-refractivity contribution in [1.82, 2.24) is 4.98 Å². The van der Waals surface area contributed by atoms with Crippen molar-refractivity contribution in [2.45, 2.75) is 13.8 Å². The molecule has 0 spiro atoms. The minimum Gasteiger partial charge on any atom is -0.496 e. The molecule has 12 heteroatoms. The molecule has 1 heterocycles. The molecule has 1 aromatic heterocycles. The van der Waals surface area contributed by atoms with Crippen LogP contribution >= 0.6 is 50.5 Å². The second kappa shape index (κ2) is 14.5. The molecule has 0 amide bonds. The van der Waals surface area contributed by atoms with Gasteiger partial charge in [-0.3, -0.25) is 0 Å². The molecule has 0 saturated heterocycles. The van der Waals surface area contributed by atoms with E-state index in [9.17, 15) is 9.59 Å². The Labute approximate surface area is 248 Å². The van der Waals surface area contributed by atoms with Crippen molar-refractivity contribution in [1.29, 1.82) is 0 Å². The molecule has 0 aliphatic carbocycles. The van der Waals surface area contributed by atoms with Crippen LogP contribution in [0.5, 0.6) is 5.75 Å². The maximum absolute atomic E-state index is 12.2. The number of halogens is 3. The van der Waals surface area contributed by atoms with Gasteiger partial charge in [0.05, 0.1) is 51.4 Å². The Morgan fingerprint density at radius 1 is 1.05 bits per heavy atom. The topological polar surface area (TPSA) is 96.0 Å². The van der Waals surface area contributed by atoms with Gasteiger partial charge in [0.2, 0.25) is 0 Å². The number of aromatic nitrogens is 1. The lowest BCUT2D eigenvalue weighted by atomic mass is 10.1. The molecule has 0 aliphatic rings. The fourth-order valence-electron chi connectivity index (χ4n) is 3.30. The van der Waals surface area contributed by atoms with Crippen molar-refractivity contribution >= 4 is 84.0 Å². The van der Waals surface area contributed by atoms with Crippen molar-refractivity contribution in [2.24, 2.45) is 0 Å². The molecular formula is C27H25BrCl2N2O6S. The van der Waals surface area contributed by atoms with E-state index in [1.807, 2.05) is 19.9 Å². The normalized spacial score (nSPS) is 10.4. The zero-order valence-corrected chi connectivity index (χ0v) is 25.4. The number of esters is 2. The molecule has 0 unspecified atom stereocenters. The first-order valence-corrected chi connectivity index (χ1v) is 13.8. The highest BCUT2D eigenvalue weighted by Gasteiger charge is 2.17. The maximum atomic E-state index is 12.2. The number of thiazole rings is 1. The first-order chi connectivity index (χ1) is 18.7. The van der Waals surface area contributed by atoms with Crippen LogP contribution in [0.3, 0.4) is 0 Å². The highest BCUT2D eigenvalue weighted by Crippen LogP contribution is 2.36. The van der Waals surface area contributed by atoms with E-state index in [2.05, 4.69) is 31.0 Å². The van der Waals surface area contributed by atoms with Crippen LogP contribution in [-0.2, 0) is 14.2 Å². The van der Waals surface area contributed by atoms with Gasteiger partial charge in [0.25, 0.3) is 0 Å². The molecule has 3 aromatic carbocycles. The largest absolute Gasteiger partial charge is 0.496 e. The molecule has 4 rings (SSSR count). The highest BCUT2D eigenvalue weighted by molar-refractivity contribution is 9.11. The first-order valence-electron chi connectivity index (χ1n) is 11.5. The van der Waals surface area contributed by atoms with Crippen LogP contribution in [0.15, 0.2) is 52.4 Å². The quantitative estimate of drug-likeness (QED) is 0.116. The van der Waals surface area contributed by atoms with Crippen LogP contribution in [0.1, 0.15) is 33.2 Å². The van der Waals surface area contributed by atoms with Crippen molar-refractivity contribution in [3.63, 3.8) is 0 Å². The van der Waals surface area contributed by atoms with Crippen LogP contribution in [0, 0.1) is 6.92 Å². The van der Waals surface area contributed by atoms with Gasteiger partial charge in [0, 0.05) is 12.7 Å². The number of para-hydroxylation sites is 1. The average molecular weight is 656 g/mol. The molecule has 0 fully saturated rings. The number of carbonyl (C=O) groups is 2. The van der Waals surface area contributed by atoms with Crippen molar-refractivity contribution < 1.29 is 28.5 Å². The number of benzene rings is 3. The minimum atomic E-state index is -0.485. The van der Waals surface area contributed by atoms with Gasteiger partial charge in [-0.1, -0.05) is 41.4 Å². The lowest BCUT2D eigenvalue weighted by molar-refractivity contribution is -0.0273. The van der Waals surface area contributed by atoms with E-state index in [1.54, 1.807) is 42.5 Å². The Hall–Kier alpha value is -2.89. The van der Waals surface area contributed by atoms with E-state index in [0.29, 0.717) is 44.9 Å². The van der Waals surface area contributed by atoms with Gasteiger partial charge in [-0.25, -0.2) is 14.6 Å². The summed E-state index contributed by atoms with van der Waals surface area (Å²) in [4.78, 5) is 27.9. The summed E-state index contributed by atoms with van der Waals surface area (Å²) in [6, 6.07) is 14.0. The number of hydrogen-bond donors (Lipinski definition) is 1. The molecule has 0 saturated carbocycles. The third-order valence-corrected chi connectivity index (χ3v) is 7.53. The molecule has 4 aromatic rings. The van der Waals surface area contributed by atoms with Gasteiger partial charge in [0.1, 0.15) is 11.3 Å². The summed E-state index contributed by atoms with van der Waals surface area (Å²) < 4.78 is 21.6. The second-order valence-electron chi connectivity index (χ2n) is 7.74. The van der Waals surface area contributed by atoms with Crippen LogP contribution in [0.2, 0.25) is 10.0 Å². The zero-order chi connectivity index (χ0) is 28.5. The number of ether oxygens (including phenoxy) is 4. The molecule has 206 valence electrons. The average Bonchev–Trinajstić information content (AvgIpc) is 3.31. The number of aryl methyl sites for hydroxylation is 1. The predicted molar refractivity (Wildman–Crippen MR) is 158 cm³/mol. The number of nitrogens with one attached hydrogen (secondary N) is 1. The van der Waals surface area contributed by atoms with Gasteiger partial charge < -0.3 is 24.3 Å². The third-order valence-electron chi connectivity index (χ3n) is 5.26. The van der Waals surface area contributed by atoms with Crippen LogP contribution in [0.25, 0.3) is 10.2 Å².